The van der Waals surface area contributed by atoms with E-state index < -0.39 is 0 Å². The summed E-state index contributed by atoms with van der Waals surface area (Å²) in [5.41, 5.74) is 3.60. The predicted octanol–water partition coefficient (Wildman–Crippen LogP) is 5.09. The molecule has 0 aliphatic carbocycles. The van der Waals surface area contributed by atoms with Gasteiger partial charge in [0.15, 0.2) is 0 Å². The Balaban J connectivity index is 2.44. The highest BCUT2D eigenvalue weighted by Gasteiger charge is 2.13. The van der Waals surface area contributed by atoms with Gasteiger partial charge in [0.25, 0.3) is 0 Å². The van der Waals surface area contributed by atoms with Gasteiger partial charge < -0.3 is 0 Å². The average molecular weight is 321 g/mol. The molecule has 0 unspecified atom stereocenters. The van der Waals surface area contributed by atoms with Gasteiger partial charge in [-0.15, -0.1) is 0 Å². The van der Waals surface area contributed by atoms with Crippen molar-refractivity contribution in [2.24, 2.45) is 5.92 Å². The van der Waals surface area contributed by atoms with Crippen LogP contribution >= 0.6 is 15.9 Å². The summed E-state index contributed by atoms with van der Waals surface area (Å²) in [6.45, 7) is 9.78. The van der Waals surface area contributed by atoms with Crippen LogP contribution in [0.5, 0.6) is 0 Å². The van der Waals surface area contributed by atoms with Crippen LogP contribution in [0.2, 0.25) is 0 Å². The molecule has 2 aromatic rings. The minimum Gasteiger partial charge on any atom is -0.264 e. The van der Waals surface area contributed by atoms with Crippen molar-refractivity contribution >= 4 is 15.9 Å². The summed E-state index contributed by atoms with van der Waals surface area (Å²) in [6.07, 6.45) is 0. The SMILES string of the molecule is CC(C)Cn1nc(C(C)C)cc1-c1ccc(Br)cc1. The summed E-state index contributed by atoms with van der Waals surface area (Å²) in [7, 11) is 0. The fourth-order valence-electron chi connectivity index (χ4n) is 2.06. The van der Waals surface area contributed by atoms with E-state index in [-0.39, 0.29) is 0 Å². The first-order chi connectivity index (χ1) is 8.97. The van der Waals surface area contributed by atoms with Gasteiger partial charge in [0.05, 0.1) is 11.4 Å². The van der Waals surface area contributed by atoms with Gasteiger partial charge in [0.2, 0.25) is 0 Å². The van der Waals surface area contributed by atoms with E-state index in [0.717, 1.165) is 11.0 Å². The number of halogens is 1. The smallest absolute Gasteiger partial charge is 0.0685 e. The maximum Gasteiger partial charge on any atom is 0.0685 e. The van der Waals surface area contributed by atoms with E-state index in [0.29, 0.717) is 11.8 Å². The molecule has 0 fully saturated rings. The van der Waals surface area contributed by atoms with E-state index in [1.165, 1.54) is 17.0 Å². The molecule has 102 valence electrons. The molecule has 2 rings (SSSR count). The second kappa shape index (κ2) is 5.91. The molecular formula is C16H21BrN2. The van der Waals surface area contributed by atoms with E-state index in [9.17, 15) is 0 Å². The van der Waals surface area contributed by atoms with Crippen LogP contribution in [0.1, 0.15) is 39.3 Å². The Bertz CT molecular complexity index is 538. The zero-order chi connectivity index (χ0) is 14.0. The minimum absolute atomic E-state index is 0.461. The molecular weight excluding hydrogens is 300 g/mol. The van der Waals surface area contributed by atoms with Crippen molar-refractivity contribution in [3.05, 3.63) is 40.5 Å². The first-order valence-corrected chi connectivity index (χ1v) is 7.60. The third-order valence-corrected chi connectivity index (χ3v) is 3.60. The number of aromatic nitrogens is 2. The average Bonchev–Trinajstić information content (AvgIpc) is 2.73. The Hall–Kier alpha value is -1.09. The molecule has 0 saturated carbocycles. The Kier molecular flexibility index (Phi) is 4.46. The highest BCUT2D eigenvalue weighted by Crippen LogP contribution is 2.26. The summed E-state index contributed by atoms with van der Waals surface area (Å²) >= 11 is 3.48. The number of benzene rings is 1. The molecule has 0 amide bonds. The zero-order valence-corrected chi connectivity index (χ0v) is 13.6. The molecule has 2 nitrogen and oxygen atoms in total. The number of rotatable bonds is 4. The molecule has 1 aromatic carbocycles. The van der Waals surface area contributed by atoms with Crippen molar-refractivity contribution in [3.63, 3.8) is 0 Å². The van der Waals surface area contributed by atoms with Gasteiger partial charge in [-0.05, 0) is 35.6 Å². The molecule has 0 aliphatic rings. The fraction of sp³-hybridized carbons (Fsp3) is 0.438. The lowest BCUT2D eigenvalue weighted by molar-refractivity contribution is 0.482. The van der Waals surface area contributed by atoms with Crippen LogP contribution in [0.25, 0.3) is 11.3 Å². The molecule has 1 heterocycles. The maximum atomic E-state index is 4.75. The van der Waals surface area contributed by atoms with Crippen molar-refractivity contribution in [3.8, 4) is 11.3 Å². The van der Waals surface area contributed by atoms with E-state index in [4.69, 9.17) is 5.10 Å². The van der Waals surface area contributed by atoms with Crippen LogP contribution in [0.15, 0.2) is 34.8 Å². The first kappa shape index (κ1) is 14.3. The molecule has 0 radical (unpaired) electrons. The fourth-order valence-corrected chi connectivity index (χ4v) is 2.32. The van der Waals surface area contributed by atoms with Gasteiger partial charge in [0, 0.05) is 11.0 Å². The third-order valence-electron chi connectivity index (χ3n) is 3.07. The van der Waals surface area contributed by atoms with E-state index in [1.54, 1.807) is 0 Å². The second-order valence-corrected chi connectivity index (χ2v) is 6.61. The summed E-state index contributed by atoms with van der Waals surface area (Å²) in [5.74, 6) is 1.05. The molecule has 0 atom stereocenters. The second-order valence-electron chi connectivity index (χ2n) is 5.69. The molecule has 0 bridgehead atoms. The van der Waals surface area contributed by atoms with Gasteiger partial charge >= 0.3 is 0 Å². The van der Waals surface area contributed by atoms with Gasteiger partial charge in [-0.25, -0.2) is 0 Å². The van der Waals surface area contributed by atoms with E-state index in [2.05, 4.69) is 78.6 Å². The van der Waals surface area contributed by atoms with Crippen molar-refractivity contribution < 1.29 is 0 Å². The summed E-state index contributed by atoms with van der Waals surface area (Å²) < 4.78 is 3.25. The number of hydrogen-bond acceptors (Lipinski definition) is 1. The molecule has 0 N–H and O–H groups in total. The minimum atomic E-state index is 0.461. The van der Waals surface area contributed by atoms with Crippen molar-refractivity contribution in [1.29, 1.82) is 0 Å². The molecule has 0 aliphatic heterocycles. The predicted molar refractivity (Wildman–Crippen MR) is 84.3 cm³/mol. The lowest BCUT2D eigenvalue weighted by Gasteiger charge is -2.10. The van der Waals surface area contributed by atoms with Crippen molar-refractivity contribution in [1.82, 2.24) is 9.78 Å². The molecule has 0 spiro atoms. The summed E-state index contributed by atoms with van der Waals surface area (Å²) in [4.78, 5) is 0. The summed E-state index contributed by atoms with van der Waals surface area (Å²) in [6, 6.07) is 10.7. The van der Waals surface area contributed by atoms with Gasteiger partial charge in [-0.3, -0.25) is 4.68 Å². The van der Waals surface area contributed by atoms with Gasteiger partial charge in [0.1, 0.15) is 0 Å². The standard InChI is InChI=1S/C16H21BrN2/c1-11(2)10-19-16(9-15(18-19)12(3)4)13-5-7-14(17)8-6-13/h5-9,11-12H,10H2,1-4H3. The highest BCUT2D eigenvalue weighted by atomic mass is 79.9. The maximum absolute atomic E-state index is 4.75. The molecule has 1 aromatic heterocycles. The zero-order valence-electron chi connectivity index (χ0n) is 12.0. The lowest BCUT2D eigenvalue weighted by atomic mass is 10.1. The Labute approximate surface area is 124 Å². The van der Waals surface area contributed by atoms with Crippen LogP contribution in [0.3, 0.4) is 0 Å². The van der Waals surface area contributed by atoms with Crippen LogP contribution < -0.4 is 0 Å². The van der Waals surface area contributed by atoms with E-state index in [1.807, 2.05) is 0 Å². The molecule has 19 heavy (non-hydrogen) atoms. The topological polar surface area (TPSA) is 17.8 Å². The summed E-state index contributed by atoms with van der Waals surface area (Å²) in [5, 5.41) is 4.75. The van der Waals surface area contributed by atoms with Gasteiger partial charge in [-0.2, -0.15) is 5.10 Å². The first-order valence-electron chi connectivity index (χ1n) is 6.81. The monoisotopic (exact) mass is 320 g/mol. The van der Waals surface area contributed by atoms with Crippen molar-refractivity contribution in [2.75, 3.05) is 0 Å². The van der Waals surface area contributed by atoms with Crippen LogP contribution in [-0.2, 0) is 6.54 Å². The Morgan fingerprint density at radius 2 is 1.74 bits per heavy atom. The largest absolute Gasteiger partial charge is 0.264 e. The molecule has 0 saturated heterocycles. The van der Waals surface area contributed by atoms with E-state index >= 15 is 0 Å². The third kappa shape index (κ3) is 3.47. The lowest BCUT2D eigenvalue weighted by Crippen LogP contribution is -2.08. The quantitative estimate of drug-likeness (QED) is 0.767. The highest BCUT2D eigenvalue weighted by molar-refractivity contribution is 9.10. The van der Waals surface area contributed by atoms with Crippen LogP contribution in [0.4, 0.5) is 0 Å². The normalized spacial score (nSPS) is 11.5. The number of hydrogen-bond donors (Lipinski definition) is 0. The Morgan fingerprint density at radius 3 is 2.26 bits per heavy atom. The van der Waals surface area contributed by atoms with Crippen LogP contribution in [0, 0.1) is 5.92 Å². The Morgan fingerprint density at radius 1 is 1.11 bits per heavy atom. The van der Waals surface area contributed by atoms with Crippen molar-refractivity contribution in [2.45, 2.75) is 40.2 Å². The van der Waals surface area contributed by atoms with Gasteiger partial charge in [-0.1, -0.05) is 55.8 Å². The van der Waals surface area contributed by atoms with Crippen LogP contribution in [-0.4, -0.2) is 9.78 Å². The number of nitrogens with zero attached hydrogens (tertiary/aromatic N) is 2. The molecule has 3 heteroatoms.